The molecule has 2 heterocycles. The van der Waals surface area contributed by atoms with Gasteiger partial charge < -0.3 is 28.9 Å². The molecule has 0 aromatic heterocycles. The van der Waals surface area contributed by atoms with E-state index in [1.807, 2.05) is 0 Å². The van der Waals surface area contributed by atoms with Crippen LogP contribution in [0.15, 0.2) is 0 Å². The molecule has 0 aliphatic carbocycles. The van der Waals surface area contributed by atoms with E-state index >= 15 is 0 Å². The van der Waals surface area contributed by atoms with Crippen LogP contribution in [0.5, 0.6) is 0 Å². The van der Waals surface area contributed by atoms with Crippen LogP contribution in [0.3, 0.4) is 0 Å². The van der Waals surface area contributed by atoms with E-state index in [1.54, 1.807) is 0 Å². The summed E-state index contributed by atoms with van der Waals surface area (Å²) in [5, 5.41) is 0. The van der Waals surface area contributed by atoms with Crippen LogP contribution in [-0.4, -0.2) is 67.0 Å². The number of rotatable bonds is 0. The molecule has 0 atom stereocenters. The zero-order valence-electron chi connectivity index (χ0n) is 9.66. The quantitative estimate of drug-likeness (QED) is 0.359. The summed E-state index contributed by atoms with van der Waals surface area (Å²) in [6.45, 7) is 7.51. The van der Waals surface area contributed by atoms with E-state index < -0.39 is 0 Å². The summed E-state index contributed by atoms with van der Waals surface area (Å²) in [6.07, 6.45) is 6.31. The molecule has 0 fully saturated rings. The lowest BCUT2D eigenvalue weighted by Gasteiger charge is -2.24. The first-order valence-corrected chi connectivity index (χ1v) is 5.86. The topological polar surface area (TPSA) is 9.49 Å². The maximum absolute atomic E-state index is 2.49. The Morgan fingerprint density at radius 3 is 2.33 bits per heavy atom. The van der Waals surface area contributed by atoms with Crippen LogP contribution in [0, 0.1) is 0 Å². The molecule has 2 bridgehead atoms. The van der Waals surface area contributed by atoms with E-state index in [0.29, 0.717) is 0 Å². The lowest BCUT2D eigenvalue weighted by Crippen LogP contribution is -3.00. The van der Waals surface area contributed by atoms with Gasteiger partial charge in [-0.25, -0.2) is 0 Å². The summed E-state index contributed by atoms with van der Waals surface area (Å²) in [7, 11) is 2.24. The van der Waals surface area contributed by atoms with Crippen LogP contribution in [0.1, 0.15) is 19.3 Å². The first kappa shape index (κ1) is 13.2. The van der Waals surface area contributed by atoms with E-state index in [2.05, 4.69) is 27.8 Å². The number of halogens is 1. The third-order valence-electron chi connectivity index (χ3n) is 3.19. The summed E-state index contributed by atoms with van der Waals surface area (Å²) in [5.74, 6) is 0. The smallest absolute Gasteiger partial charge is 0.234 e. The second-order valence-electron chi connectivity index (χ2n) is 4.55. The van der Waals surface area contributed by atoms with Crippen molar-refractivity contribution in [2.75, 3.05) is 46.3 Å². The molecule has 0 aromatic rings. The molecule has 15 heavy (non-hydrogen) atoms. The molecule has 2 aliphatic rings. The van der Waals surface area contributed by atoms with Gasteiger partial charge in [0, 0.05) is 19.5 Å². The van der Waals surface area contributed by atoms with Crippen molar-refractivity contribution in [3.8, 4) is 0 Å². The first-order valence-electron chi connectivity index (χ1n) is 5.86. The molecular weight excluding hydrogens is 301 g/mol. The van der Waals surface area contributed by atoms with Crippen LogP contribution in [0.25, 0.3) is 0 Å². The summed E-state index contributed by atoms with van der Waals surface area (Å²) >= 11 is 0. The van der Waals surface area contributed by atoms with Gasteiger partial charge in [0.15, 0.2) is 0 Å². The van der Waals surface area contributed by atoms with Crippen molar-refractivity contribution in [3.05, 3.63) is 0 Å². The molecule has 3 nitrogen and oxygen atoms in total. The zero-order valence-corrected chi connectivity index (χ0v) is 11.8. The minimum Gasteiger partial charge on any atom is -1.00 e. The van der Waals surface area contributed by atoms with Gasteiger partial charge in [-0.3, -0.25) is 9.48 Å². The predicted molar refractivity (Wildman–Crippen MR) is 59.0 cm³/mol. The lowest BCUT2D eigenvalue weighted by molar-refractivity contribution is -0.533. The third-order valence-corrected chi connectivity index (χ3v) is 3.19. The highest BCUT2D eigenvalue weighted by Crippen LogP contribution is 2.02. The molecule has 0 unspecified atom stereocenters. The zero-order chi connectivity index (χ0) is 9.80. The van der Waals surface area contributed by atoms with E-state index in [0.717, 1.165) is 0 Å². The van der Waals surface area contributed by atoms with Gasteiger partial charge in [-0.2, -0.15) is 0 Å². The lowest BCUT2D eigenvalue weighted by atomic mass is 10.2. The van der Waals surface area contributed by atoms with Gasteiger partial charge in [0.05, 0.1) is 26.2 Å². The van der Waals surface area contributed by atoms with Crippen LogP contribution >= 0.6 is 0 Å². The molecule has 0 N–H and O–H groups in total. The van der Waals surface area contributed by atoms with Gasteiger partial charge in [0.25, 0.3) is 0 Å². The molecule has 0 saturated carbocycles. The van der Waals surface area contributed by atoms with Crippen molar-refractivity contribution in [1.82, 2.24) is 9.80 Å². The van der Waals surface area contributed by atoms with Gasteiger partial charge in [-0.1, -0.05) is 0 Å². The molecule has 0 amide bonds. The van der Waals surface area contributed by atoms with Gasteiger partial charge in [0.2, 0.25) is 6.34 Å². The van der Waals surface area contributed by atoms with E-state index in [1.165, 1.54) is 58.5 Å². The predicted octanol–water partition coefficient (Wildman–Crippen LogP) is -2.54. The Morgan fingerprint density at radius 2 is 1.53 bits per heavy atom. The van der Waals surface area contributed by atoms with Crippen molar-refractivity contribution < 1.29 is 28.6 Å². The van der Waals surface area contributed by atoms with Gasteiger partial charge in [-0.05, 0) is 19.9 Å². The normalized spacial score (nSPS) is 24.1. The largest absolute Gasteiger partial charge is 1.00 e. The number of hydrogen-bond acceptors (Lipinski definition) is 2. The molecule has 88 valence electrons. The molecular formula is C11H22IN3. The maximum atomic E-state index is 2.49. The Hall–Kier alpha value is 0.160. The first-order chi connectivity index (χ1) is 6.84. The van der Waals surface area contributed by atoms with Gasteiger partial charge >= 0.3 is 0 Å². The molecule has 0 aromatic carbocycles. The highest BCUT2D eigenvalue weighted by atomic mass is 127. The fraction of sp³-hybridized carbons (Fsp3) is 0.909. The van der Waals surface area contributed by atoms with Gasteiger partial charge in [0.1, 0.15) is 0 Å². The molecule has 4 heteroatoms. The van der Waals surface area contributed by atoms with Crippen molar-refractivity contribution in [2.24, 2.45) is 0 Å². The fourth-order valence-corrected chi connectivity index (χ4v) is 2.36. The average Bonchev–Trinajstić information content (AvgIpc) is 2.18. The Bertz CT molecular complexity index is 218. The van der Waals surface area contributed by atoms with Crippen molar-refractivity contribution in [3.63, 3.8) is 0 Å². The second-order valence-corrected chi connectivity index (χ2v) is 4.55. The average molecular weight is 323 g/mol. The molecule has 0 radical (unpaired) electrons. The number of fused-ring (bicyclic) bond motifs is 1. The van der Waals surface area contributed by atoms with Crippen LogP contribution < -0.4 is 24.0 Å². The summed E-state index contributed by atoms with van der Waals surface area (Å²) in [4.78, 5) is 4.95. The van der Waals surface area contributed by atoms with Crippen LogP contribution in [-0.2, 0) is 0 Å². The Morgan fingerprint density at radius 1 is 0.933 bits per heavy atom. The van der Waals surface area contributed by atoms with Crippen molar-refractivity contribution >= 4 is 6.34 Å². The van der Waals surface area contributed by atoms with Crippen LogP contribution in [0.4, 0.5) is 0 Å². The van der Waals surface area contributed by atoms with E-state index in [-0.39, 0.29) is 24.0 Å². The highest BCUT2D eigenvalue weighted by Gasteiger charge is 2.17. The molecule has 2 rings (SSSR count). The van der Waals surface area contributed by atoms with Gasteiger partial charge in [-0.15, -0.1) is 0 Å². The van der Waals surface area contributed by atoms with E-state index in [9.17, 15) is 0 Å². The SMILES string of the molecule is CN1CCCN2C=[N+](CCC1)CCC2.[I-]. The minimum absolute atomic E-state index is 0. The van der Waals surface area contributed by atoms with Crippen molar-refractivity contribution in [2.45, 2.75) is 19.3 Å². The minimum atomic E-state index is 0. The molecule has 0 spiro atoms. The fourth-order valence-electron chi connectivity index (χ4n) is 2.36. The summed E-state index contributed by atoms with van der Waals surface area (Å²) < 4.78 is 2.49. The number of nitrogens with zero attached hydrogens (tertiary/aromatic N) is 3. The van der Waals surface area contributed by atoms with Crippen molar-refractivity contribution in [1.29, 1.82) is 0 Å². The molecule has 0 saturated heterocycles. The second kappa shape index (κ2) is 6.68. The Labute approximate surface area is 110 Å². The Balaban J connectivity index is 0.00000112. The van der Waals surface area contributed by atoms with Crippen LogP contribution in [0.2, 0.25) is 0 Å². The standard InChI is InChI=1S/C11H22N3.HI/c1-12-5-2-7-13-9-4-10-14(11-13)8-3-6-12;/h11H,2-10H2,1H3;1H/q+1;/p-1. The highest BCUT2D eigenvalue weighted by molar-refractivity contribution is 5.49. The van der Waals surface area contributed by atoms with E-state index in [4.69, 9.17) is 0 Å². The Kier molecular flexibility index (Phi) is 5.89. The number of hydrogen-bond donors (Lipinski definition) is 0. The third kappa shape index (κ3) is 4.26. The molecule has 2 aliphatic heterocycles. The summed E-state index contributed by atoms with van der Waals surface area (Å²) in [6, 6.07) is 0. The monoisotopic (exact) mass is 323 g/mol. The maximum Gasteiger partial charge on any atom is 0.234 e. The summed E-state index contributed by atoms with van der Waals surface area (Å²) in [5.41, 5.74) is 0.